The lowest BCUT2D eigenvalue weighted by molar-refractivity contribution is -0.143. The number of rotatable bonds is 12. The number of aliphatic hydroxyl groups is 1. The Hall–Kier alpha value is -4.33. The van der Waals surface area contributed by atoms with Crippen molar-refractivity contribution in [2.75, 3.05) is 23.8 Å². The number of hydrogen-bond acceptors (Lipinski definition) is 8. The predicted molar refractivity (Wildman–Crippen MR) is 180 cm³/mol. The number of aliphatic hydroxyl groups excluding tert-OH is 1. The number of aliphatic carboxylic acids is 1. The summed E-state index contributed by atoms with van der Waals surface area (Å²) in [4.78, 5) is 42.2. The maximum absolute atomic E-state index is 13.3. The van der Waals surface area contributed by atoms with E-state index in [9.17, 15) is 19.5 Å². The summed E-state index contributed by atoms with van der Waals surface area (Å²) in [5.41, 5.74) is 2.59. The summed E-state index contributed by atoms with van der Waals surface area (Å²) in [6, 6.07) is 15.1. The SMILES string of the molecule is CC(C)(NC1CCCn2nc(C(=O)Nc3cccc(-c4cccc(NC(=O)c5ccc(CNCCO)cn5)c4Cl)c3Cl)cc21)C(=O)O. The number of nitrogens with one attached hydrogen (secondary N) is 4. The molecule has 246 valence electrons. The molecule has 5 rings (SSSR count). The first-order chi connectivity index (χ1) is 22.5. The van der Waals surface area contributed by atoms with Crippen molar-refractivity contribution in [3.05, 3.63) is 93.5 Å². The van der Waals surface area contributed by atoms with Crippen LogP contribution in [0.25, 0.3) is 11.1 Å². The van der Waals surface area contributed by atoms with Gasteiger partial charge in [-0.25, -0.2) is 0 Å². The van der Waals surface area contributed by atoms with Crippen LogP contribution < -0.4 is 21.3 Å². The summed E-state index contributed by atoms with van der Waals surface area (Å²) in [6.07, 6.45) is 3.08. The predicted octanol–water partition coefficient (Wildman–Crippen LogP) is 5.13. The molecule has 2 aromatic carbocycles. The van der Waals surface area contributed by atoms with Gasteiger partial charge in [0.2, 0.25) is 0 Å². The van der Waals surface area contributed by atoms with Crippen molar-refractivity contribution in [2.45, 2.75) is 51.4 Å². The molecule has 0 spiro atoms. The molecule has 0 saturated heterocycles. The second-order valence-electron chi connectivity index (χ2n) is 11.6. The number of aryl methyl sites for hydroxylation is 1. The highest BCUT2D eigenvalue weighted by molar-refractivity contribution is 6.40. The van der Waals surface area contributed by atoms with E-state index < -0.39 is 23.3 Å². The molecule has 2 amide bonds. The van der Waals surface area contributed by atoms with Gasteiger partial charge in [0.15, 0.2) is 5.69 Å². The third-order valence-corrected chi connectivity index (χ3v) is 8.61. The Labute approximate surface area is 281 Å². The molecule has 1 aliphatic heterocycles. The highest BCUT2D eigenvalue weighted by Gasteiger charge is 2.33. The van der Waals surface area contributed by atoms with Crippen LogP contribution in [0.1, 0.15) is 65.0 Å². The number of carbonyl (C=O) groups is 3. The molecule has 14 heteroatoms. The van der Waals surface area contributed by atoms with E-state index in [0.717, 1.165) is 17.7 Å². The molecule has 3 heterocycles. The molecule has 2 aromatic heterocycles. The minimum absolute atomic E-state index is 0.0287. The van der Waals surface area contributed by atoms with Crippen LogP contribution in [0.4, 0.5) is 11.4 Å². The van der Waals surface area contributed by atoms with Crippen LogP contribution in [0.2, 0.25) is 10.0 Å². The fourth-order valence-corrected chi connectivity index (χ4v) is 5.81. The van der Waals surface area contributed by atoms with Crippen LogP contribution in [0, 0.1) is 0 Å². The molecule has 0 radical (unpaired) electrons. The van der Waals surface area contributed by atoms with Gasteiger partial charge in [0, 0.05) is 37.0 Å². The fourth-order valence-electron chi connectivity index (χ4n) is 5.26. The molecule has 0 saturated carbocycles. The zero-order valence-corrected chi connectivity index (χ0v) is 27.3. The molecule has 1 unspecified atom stereocenters. The molecule has 6 N–H and O–H groups in total. The third kappa shape index (κ3) is 7.80. The van der Waals surface area contributed by atoms with Gasteiger partial charge in [0.05, 0.1) is 39.8 Å². The molecule has 12 nitrogen and oxygen atoms in total. The van der Waals surface area contributed by atoms with Crippen LogP contribution >= 0.6 is 23.2 Å². The molecule has 47 heavy (non-hydrogen) atoms. The molecule has 0 bridgehead atoms. The number of carbonyl (C=O) groups excluding carboxylic acids is 2. The monoisotopic (exact) mass is 679 g/mol. The molecular weight excluding hydrogens is 645 g/mol. The summed E-state index contributed by atoms with van der Waals surface area (Å²) in [5, 5.41) is 35.3. The van der Waals surface area contributed by atoms with Crippen LogP contribution in [0.5, 0.6) is 0 Å². The number of carboxylic acid groups (broad SMARTS) is 1. The molecule has 0 fully saturated rings. The maximum atomic E-state index is 13.3. The molecule has 4 aromatic rings. The highest BCUT2D eigenvalue weighted by atomic mass is 35.5. The van der Waals surface area contributed by atoms with Crippen molar-refractivity contribution in [1.82, 2.24) is 25.4 Å². The molecule has 1 atom stereocenters. The Morgan fingerprint density at radius 2 is 1.60 bits per heavy atom. The fraction of sp³-hybridized carbons (Fsp3) is 0.303. The maximum Gasteiger partial charge on any atom is 0.323 e. The largest absolute Gasteiger partial charge is 0.480 e. The van der Waals surface area contributed by atoms with E-state index in [-0.39, 0.29) is 34.1 Å². The highest BCUT2D eigenvalue weighted by Crippen LogP contribution is 2.40. The lowest BCUT2D eigenvalue weighted by Gasteiger charge is -2.31. The van der Waals surface area contributed by atoms with Crippen molar-refractivity contribution >= 4 is 52.4 Å². The number of amides is 2. The number of fused-ring (bicyclic) bond motifs is 1. The Morgan fingerprint density at radius 3 is 2.17 bits per heavy atom. The van der Waals surface area contributed by atoms with Gasteiger partial charge >= 0.3 is 5.97 Å². The number of anilines is 2. The van der Waals surface area contributed by atoms with Crippen LogP contribution in [-0.2, 0) is 17.9 Å². The lowest BCUT2D eigenvalue weighted by Crippen LogP contribution is -2.49. The van der Waals surface area contributed by atoms with Gasteiger partial charge in [-0.1, -0.05) is 53.5 Å². The topological polar surface area (TPSA) is 170 Å². The third-order valence-electron chi connectivity index (χ3n) is 7.79. The smallest absolute Gasteiger partial charge is 0.323 e. The van der Waals surface area contributed by atoms with Crippen LogP contribution in [-0.4, -0.2) is 61.5 Å². The van der Waals surface area contributed by atoms with E-state index in [2.05, 4.69) is 31.3 Å². The standard InChI is InChI=1S/C33H35Cl2N7O5/c1-33(2,32(46)47)40-22-10-5-14-42-27(22)16-26(41-42)31(45)39-24-9-4-7-21(29(24)35)20-6-3-8-23(28(20)34)38-30(44)25-12-11-19(18-37-25)17-36-13-15-43/h3-4,6-9,11-12,16,18,22,36,40,43H,5,10,13-15,17H2,1-2H3,(H,38,44)(H,39,45)(H,46,47). The number of nitrogens with zero attached hydrogens (tertiary/aromatic N) is 3. The van der Waals surface area contributed by atoms with E-state index in [1.165, 1.54) is 0 Å². The number of carboxylic acids is 1. The second kappa shape index (κ2) is 14.6. The molecule has 1 aliphatic rings. The van der Waals surface area contributed by atoms with Crippen molar-refractivity contribution in [3.63, 3.8) is 0 Å². The van der Waals surface area contributed by atoms with Crippen molar-refractivity contribution < 1.29 is 24.6 Å². The van der Waals surface area contributed by atoms with Gasteiger partial charge in [0.1, 0.15) is 11.2 Å². The Kier molecular flexibility index (Phi) is 10.6. The van der Waals surface area contributed by atoms with Gasteiger partial charge in [-0.15, -0.1) is 0 Å². The van der Waals surface area contributed by atoms with E-state index in [1.54, 1.807) is 79.3 Å². The number of halogens is 2. The van der Waals surface area contributed by atoms with Gasteiger partial charge in [0.25, 0.3) is 11.8 Å². The van der Waals surface area contributed by atoms with Gasteiger partial charge < -0.3 is 26.2 Å². The lowest BCUT2D eigenvalue weighted by atomic mass is 9.98. The van der Waals surface area contributed by atoms with Gasteiger partial charge in [-0.3, -0.25) is 29.4 Å². The first kappa shape index (κ1) is 34.0. The first-order valence-corrected chi connectivity index (χ1v) is 15.8. The van der Waals surface area contributed by atoms with E-state index in [1.807, 2.05) is 0 Å². The summed E-state index contributed by atoms with van der Waals surface area (Å²) >= 11 is 13.6. The van der Waals surface area contributed by atoms with Crippen molar-refractivity contribution in [2.24, 2.45) is 0 Å². The van der Waals surface area contributed by atoms with Crippen LogP contribution in [0.3, 0.4) is 0 Å². The molecule has 0 aliphatic carbocycles. The number of pyridine rings is 1. The Morgan fingerprint density at radius 1 is 0.957 bits per heavy atom. The number of hydrogen-bond donors (Lipinski definition) is 6. The normalized spacial score (nSPS) is 14.4. The van der Waals surface area contributed by atoms with E-state index in [0.29, 0.717) is 48.6 Å². The second-order valence-corrected chi connectivity index (χ2v) is 12.4. The Bertz CT molecular complexity index is 1790. The van der Waals surface area contributed by atoms with E-state index >= 15 is 0 Å². The molecular formula is C33H35Cl2N7O5. The zero-order valence-electron chi connectivity index (χ0n) is 25.8. The number of aromatic nitrogens is 3. The first-order valence-electron chi connectivity index (χ1n) is 15.0. The van der Waals surface area contributed by atoms with Gasteiger partial charge in [-0.2, -0.15) is 5.10 Å². The summed E-state index contributed by atoms with van der Waals surface area (Å²) in [5.74, 6) is -1.89. The summed E-state index contributed by atoms with van der Waals surface area (Å²) < 4.78 is 1.73. The van der Waals surface area contributed by atoms with Gasteiger partial charge in [-0.05, 0) is 56.5 Å². The Balaban J connectivity index is 1.31. The van der Waals surface area contributed by atoms with Crippen molar-refractivity contribution in [1.29, 1.82) is 0 Å². The summed E-state index contributed by atoms with van der Waals surface area (Å²) in [7, 11) is 0. The van der Waals surface area contributed by atoms with E-state index in [4.69, 9.17) is 28.3 Å². The average Bonchev–Trinajstić information content (AvgIpc) is 3.49. The quantitative estimate of drug-likeness (QED) is 0.111. The van der Waals surface area contributed by atoms with Crippen molar-refractivity contribution in [3.8, 4) is 11.1 Å². The van der Waals surface area contributed by atoms with Crippen LogP contribution in [0.15, 0.2) is 60.8 Å². The zero-order chi connectivity index (χ0) is 33.7. The minimum atomic E-state index is -1.16. The average molecular weight is 681 g/mol. The summed E-state index contributed by atoms with van der Waals surface area (Å²) in [6.45, 7) is 4.80. The number of benzene rings is 2. The minimum Gasteiger partial charge on any atom is -0.480 e.